The molecular formula is C18H16Cl2N8OS2. The second-order valence-electron chi connectivity index (χ2n) is 6.50. The van der Waals surface area contributed by atoms with Crippen LogP contribution in [0, 0.1) is 13.8 Å². The molecule has 0 bridgehead atoms. The number of carbonyl (C=O) groups excluding carboxylic acids is 1. The summed E-state index contributed by atoms with van der Waals surface area (Å²) in [7, 11) is 0. The Bertz CT molecular complexity index is 1270. The lowest BCUT2D eigenvalue weighted by molar-refractivity contribution is -0.113. The minimum absolute atomic E-state index is 0.0914. The molecule has 0 saturated heterocycles. The number of amides is 1. The molecule has 3 heterocycles. The summed E-state index contributed by atoms with van der Waals surface area (Å²) >= 11 is 14.5. The Labute approximate surface area is 195 Å². The summed E-state index contributed by atoms with van der Waals surface area (Å²) in [6, 6.07) is 7.17. The number of rotatable bonds is 6. The van der Waals surface area contributed by atoms with E-state index in [4.69, 9.17) is 29.0 Å². The van der Waals surface area contributed by atoms with Gasteiger partial charge in [0.05, 0.1) is 27.2 Å². The van der Waals surface area contributed by atoms with Crippen LogP contribution < -0.4 is 11.2 Å². The van der Waals surface area contributed by atoms with Gasteiger partial charge in [-0.25, -0.2) is 14.3 Å². The summed E-state index contributed by atoms with van der Waals surface area (Å²) in [5.74, 6) is 6.32. The van der Waals surface area contributed by atoms with Crippen molar-refractivity contribution in [2.24, 2.45) is 0 Å². The summed E-state index contributed by atoms with van der Waals surface area (Å²) in [5.41, 5.74) is 3.24. The summed E-state index contributed by atoms with van der Waals surface area (Å²) in [4.78, 5) is 16.8. The van der Waals surface area contributed by atoms with Crippen molar-refractivity contribution in [1.82, 2.24) is 29.6 Å². The topological polar surface area (TPSA) is 117 Å². The number of benzene rings is 1. The number of nitrogens with two attached hydrogens (primary N) is 1. The molecule has 0 unspecified atom stereocenters. The molecule has 9 nitrogen and oxygen atoms in total. The van der Waals surface area contributed by atoms with Gasteiger partial charge in [-0.05, 0) is 32.0 Å². The van der Waals surface area contributed by atoms with Crippen LogP contribution in [0.25, 0.3) is 17.2 Å². The number of halogens is 2. The van der Waals surface area contributed by atoms with Crippen LogP contribution in [0.15, 0.2) is 34.8 Å². The van der Waals surface area contributed by atoms with E-state index in [1.54, 1.807) is 16.8 Å². The molecule has 31 heavy (non-hydrogen) atoms. The number of hydrogen-bond acceptors (Lipinski definition) is 8. The minimum Gasteiger partial charge on any atom is -0.334 e. The van der Waals surface area contributed by atoms with Gasteiger partial charge in [0.15, 0.2) is 5.13 Å². The quantitative estimate of drug-likeness (QED) is 0.307. The van der Waals surface area contributed by atoms with Crippen LogP contribution in [0.1, 0.15) is 11.4 Å². The Kier molecular flexibility index (Phi) is 6.19. The van der Waals surface area contributed by atoms with Crippen molar-refractivity contribution in [3.05, 3.63) is 51.1 Å². The number of nitrogens with zero attached hydrogens (tertiary/aromatic N) is 6. The third-order valence-corrected chi connectivity index (χ3v) is 6.58. The molecule has 0 aliphatic rings. The number of thioether (sulfide) groups is 1. The molecule has 0 aliphatic carbocycles. The molecule has 13 heteroatoms. The van der Waals surface area contributed by atoms with Crippen LogP contribution >= 0.6 is 46.3 Å². The number of thiazole rings is 1. The average Bonchev–Trinajstić information content (AvgIpc) is 3.41. The van der Waals surface area contributed by atoms with Gasteiger partial charge in [-0.1, -0.05) is 41.0 Å². The first kappa shape index (κ1) is 21.6. The number of aromatic nitrogens is 6. The van der Waals surface area contributed by atoms with Gasteiger partial charge in [0.25, 0.3) is 5.95 Å². The first-order valence-electron chi connectivity index (χ1n) is 8.89. The van der Waals surface area contributed by atoms with E-state index in [0.29, 0.717) is 32.0 Å². The highest BCUT2D eigenvalue weighted by Gasteiger charge is 2.17. The molecule has 3 N–H and O–H groups in total. The maximum absolute atomic E-state index is 12.4. The second-order valence-corrected chi connectivity index (χ2v) is 9.11. The largest absolute Gasteiger partial charge is 0.334 e. The van der Waals surface area contributed by atoms with Crippen molar-refractivity contribution in [3.63, 3.8) is 0 Å². The van der Waals surface area contributed by atoms with Gasteiger partial charge in [-0.2, -0.15) is 5.10 Å². The maximum atomic E-state index is 12.4. The van der Waals surface area contributed by atoms with Crippen molar-refractivity contribution >= 4 is 57.3 Å². The number of carbonyl (C=O) groups is 1. The zero-order valence-electron chi connectivity index (χ0n) is 16.3. The Morgan fingerprint density at radius 2 is 2.03 bits per heavy atom. The first-order chi connectivity index (χ1) is 14.8. The average molecular weight is 495 g/mol. The Balaban J connectivity index is 1.39. The van der Waals surface area contributed by atoms with Gasteiger partial charge >= 0.3 is 0 Å². The van der Waals surface area contributed by atoms with Gasteiger partial charge in [0.2, 0.25) is 11.1 Å². The summed E-state index contributed by atoms with van der Waals surface area (Å²) < 4.78 is 2.91. The number of anilines is 1. The molecule has 0 spiro atoms. The van der Waals surface area contributed by atoms with E-state index in [2.05, 4.69) is 25.6 Å². The van der Waals surface area contributed by atoms with E-state index in [9.17, 15) is 4.79 Å². The monoisotopic (exact) mass is 494 g/mol. The highest BCUT2D eigenvalue weighted by molar-refractivity contribution is 7.99. The second kappa shape index (κ2) is 8.87. The molecule has 4 rings (SSSR count). The summed E-state index contributed by atoms with van der Waals surface area (Å²) in [5, 5.41) is 18.9. The highest BCUT2D eigenvalue weighted by Crippen LogP contribution is 2.30. The fourth-order valence-electron chi connectivity index (χ4n) is 2.75. The predicted octanol–water partition coefficient (Wildman–Crippen LogP) is 3.96. The van der Waals surface area contributed by atoms with E-state index in [1.165, 1.54) is 27.8 Å². The molecule has 0 radical (unpaired) electrons. The molecule has 4 aromatic rings. The molecule has 0 aliphatic heterocycles. The predicted molar refractivity (Wildman–Crippen MR) is 124 cm³/mol. The van der Waals surface area contributed by atoms with Gasteiger partial charge in [0, 0.05) is 16.6 Å². The van der Waals surface area contributed by atoms with E-state index in [-0.39, 0.29) is 11.7 Å². The molecular weight excluding hydrogens is 479 g/mol. The highest BCUT2D eigenvalue weighted by atomic mass is 35.5. The molecule has 1 amide bonds. The van der Waals surface area contributed by atoms with Crippen molar-refractivity contribution in [2.45, 2.75) is 19.0 Å². The van der Waals surface area contributed by atoms with Crippen molar-refractivity contribution in [3.8, 4) is 17.2 Å². The van der Waals surface area contributed by atoms with Crippen molar-refractivity contribution in [2.75, 3.05) is 16.9 Å². The normalized spacial score (nSPS) is 11.1. The molecule has 3 aromatic heterocycles. The number of hydrogen-bond donors (Lipinski definition) is 2. The van der Waals surface area contributed by atoms with Crippen LogP contribution in [0.3, 0.4) is 0 Å². The van der Waals surface area contributed by atoms with Crippen LogP contribution in [0.5, 0.6) is 0 Å². The van der Waals surface area contributed by atoms with Crippen LogP contribution in [0.2, 0.25) is 10.0 Å². The number of nitrogen functional groups attached to an aromatic ring is 1. The van der Waals surface area contributed by atoms with Gasteiger partial charge in [-0.15, -0.1) is 21.5 Å². The van der Waals surface area contributed by atoms with E-state index in [1.807, 2.05) is 31.4 Å². The lowest BCUT2D eigenvalue weighted by atomic mass is 10.2. The third kappa shape index (κ3) is 4.69. The van der Waals surface area contributed by atoms with Gasteiger partial charge in [-0.3, -0.25) is 4.79 Å². The zero-order valence-corrected chi connectivity index (χ0v) is 19.5. The Morgan fingerprint density at radius 1 is 1.23 bits per heavy atom. The van der Waals surface area contributed by atoms with E-state index in [0.717, 1.165) is 17.0 Å². The van der Waals surface area contributed by atoms with Crippen LogP contribution in [0.4, 0.5) is 5.13 Å². The first-order valence-corrected chi connectivity index (χ1v) is 11.5. The maximum Gasteiger partial charge on any atom is 0.271 e. The lowest BCUT2D eigenvalue weighted by Crippen LogP contribution is -2.18. The molecule has 0 fully saturated rings. The number of nitrogens with one attached hydrogen (secondary N) is 1. The van der Waals surface area contributed by atoms with Crippen LogP contribution in [-0.2, 0) is 4.79 Å². The van der Waals surface area contributed by atoms with Crippen molar-refractivity contribution < 1.29 is 4.79 Å². The van der Waals surface area contributed by atoms with E-state index < -0.39 is 0 Å². The van der Waals surface area contributed by atoms with Gasteiger partial charge in [0.1, 0.15) is 0 Å². The molecule has 1 aromatic carbocycles. The van der Waals surface area contributed by atoms with Crippen LogP contribution in [-0.4, -0.2) is 41.3 Å². The summed E-state index contributed by atoms with van der Waals surface area (Å²) in [6.07, 6.45) is 0. The van der Waals surface area contributed by atoms with Gasteiger partial charge < -0.3 is 11.2 Å². The minimum atomic E-state index is -0.240. The molecule has 160 valence electrons. The third-order valence-electron chi connectivity index (χ3n) is 4.14. The number of aryl methyl sites for hydroxylation is 2. The Morgan fingerprint density at radius 3 is 2.74 bits per heavy atom. The fraction of sp³-hybridized carbons (Fsp3) is 0.167. The lowest BCUT2D eigenvalue weighted by Gasteiger charge is -2.05. The SMILES string of the molecule is Cc1cc(C)n(-c2nnc(SCC(=O)Nc3nc(-c4ccc(Cl)c(Cl)c4)cs3)n2N)n1. The smallest absolute Gasteiger partial charge is 0.271 e. The fourth-order valence-corrected chi connectivity index (χ4v) is 4.43. The van der Waals surface area contributed by atoms with Crippen molar-refractivity contribution in [1.29, 1.82) is 0 Å². The standard InChI is InChI=1S/C18H16Cl2N8OS2/c1-9-5-10(2)28(26-9)17-24-25-18(27(17)21)31-8-15(29)23-16-22-14(7-30-16)11-3-4-12(19)13(20)6-11/h3-7H,8,21H2,1-2H3,(H,22,23,29). The van der Waals surface area contributed by atoms with E-state index >= 15 is 0 Å². The zero-order chi connectivity index (χ0) is 22.1. The summed E-state index contributed by atoms with van der Waals surface area (Å²) in [6.45, 7) is 3.78. The molecule has 0 atom stereocenters. The molecule has 0 saturated carbocycles. The Hall–Kier alpha value is -2.60.